The molecule has 2 aromatic heterocycles. The van der Waals surface area contributed by atoms with Crippen molar-refractivity contribution in [2.45, 2.75) is 95.2 Å². The summed E-state index contributed by atoms with van der Waals surface area (Å²) < 4.78 is 45.6. The van der Waals surface area contributed by atoms with Crippen LogP contribution in [0, 0.1) is 5.82 Å². The van der Waals surface area contributed by atoms with E-state index in [1.807, 2.05) is 36.2 Å². The van der Waals surface area contributed by atoms with E-state index in [1.54, 1.807) is 0 Å². The highest BCUT2D eigenvalue weighted by molar-refractivity contribution is 7.89. The van der Waals surface area contributed by atoms with E-state index in [0.717, 1.165) is 30.7 Å². The fourth-order valence-electron chi connectivity index (χ4n) is 4.96. The first-order chi connectivity index (χ1) is 16.7. The van der Waals surface area contributed by atoms with Crippen LogP contribution in [0.25, 0.3) is 0 Å². The molecule has 1 fully saturated rings. The van der Waals surface area contributed by atoms with Gasteiger partial charge in [-0.2, -0.15) is 5.10 Å². The van der Waals surface area contributed by atoms with Crippen LogP contribution >= 0.6 is 0 Å². The van der Waals surface area contributed by atoms with Gasteiger partial charge in [0.05, 0.1) is 33.6 Å². The minimum absolute atomic E-state index is 0.00436. The molecule has 1 aromatic carbocycles. The topological polar surface area (TPSA) is 107 Å². The van der Waals surface area contributed by atoms with E-state index < -0.39 is 15.8 Å². The maximum atomic E-state index is 15.3. The summed E-state index contributed by atoms with van der Waals surface area (Å²) in [4.78, 5) is -0.00436. The van der Waals surface area contributed by atoms with Crippen LogP contribution in [0.3, 0.4) is 0 Å². The molecule has 11 heteroatoms. The van der Waals surface area contributed by atoms with Crippen molar-refractivity contribution in [1.29, 1.82) is 0 Å². The van der Waals surface area contributed by atoms with Gasteiger partial charge in [0.25, 0.3) is 0 Å². The second kappa shape index (κ2) is 8.37. The van der Waals surface area contributed by atoms with Crippen molar-refractivity contribution in [2.24, 2.45) is 0 Å². The number of fused-ring (bicyclic) bond motifs is 1. The van der Waals surface area contributed by atoms with Gasteiger partial charge in [0.15, 0.2) is 5.82 Å². The lowest BCUT2D eigenvalue weighted by Gasteiger charge is -2.23. The van der Waals surface area contributed by atoms with Crippen molar-refractivity contribution in [1.82, 2.24) is 29.5 Å². The zero-order valence-corrected chi connectivity index (χ0v) is 22.4. The monoisotopic (exact) mass is 515 g/mol. The third kappa shape index (κ3) is 4.43. The van der Waals surface area contributed by atoms with Gasteiger partial charge in [0.2, 0.25) is 10.0 Å². The van der Waals surface area contributed by atoms with Crippen LogP contribution < -0.4 is 10.0 Å². The number of aromatic nitrogens is 5. The molecule has 1 aliphatic carbocycles. The Bertz CT molecular complexity index is 1410. The Morgan fingerprint density at radius 1 is 1.14 bits per heavy atom. The van der Waals surface area contributed by atoms with Crippen molar-refractivity contribution < 1.29 is 12.8 Å². The van der Waals surface area contributed by atoms with Crippen LogP contribution in [0.4, 0.5) is 15.9 Å². The SMILES string of the molecule is CC(C)(C)c1cn(C2CCC(c3cc(Nc4ccc5c(c4F)CNS5(=O)=O)n(C(C)(C)C)n3)C2)nn1. The van der Waals surface area contributed by atoms with Crippen LogP contribution in [0.5, 0.6) is 0 Å². The lowest BCUT2D eigenvalue weighted by atomic mass is 9.93. The fourth-order valence-corrected chi connectivity index (χ4v) is 6.19. The van der Waals surface area contributed by atoms with Gasteiger partial charge in [-0.3, -0.25) is 0 Å². The summed E-state index contributed by atoms with van der Waals surface area (Å²) in [5, 5.41) is 16.9. The third-order valence-electron chi connectivity index (χ3n) is 7.03. The van der Waals surface area contributed by atoms with E-state index in [2.05, 4.69) is 47.3 Å². The minimum Gasteiger partial charge on any atom is -0.338 e. The number of nitrogens with one attached hydrogen (secondary N) is 2. The number of nitrogens with zero attached hydrogens (tertiary/aromatic N) is 5. The van der Waals surface area contributed by atoms with Gasteiger partial charge in [0, 0.05) is 35.7 Å². The molecule has 2 aliphatic rings. The first-order valence-electron chi connectivity index (χ1n) is 12.3. The quantitative estimate of drug-likeness (QED) is 0.521. The number of sulfonamides is 1. The van der Waals surface area contributed by atoms with E-state index in [9.17, 15) is 8.42 Å². The van der Waals surface area contributed by atoms with Crippen molar-refractivity contribution in [3.8, 4) is 0 Å². The standard InChI is InChI=1S/C25H34FN7O2S/c1-24(2,3)21-14-32(31-29-21)16-8-7-15(11-16)19-12-22(33(30-19)25(4,5)6)28-18-9-10-20-17(23(18)26)13-27-36(20,34)35/h9-10,12,14-16,27-28H,7-8,11,13H2,1-6H3. The lowest BCUT2D eigenvalue weighted by molar-refractivity contribution is 0.356. The smallest absolute Gasteiger partial charge is 0.241 e. The Morgan fingerprint density at radius 2 is 1.89 bits per heavy atom. The molecule has 0 amide bonds. The molecule has 0 bridgehead atoms. The number of hydrogen-bond donors (Lipinski definition) is 2. The lowest BCUT2D eigenvalue weighted by Crippen LogP contribution is -2.25. The molecule has 1 aliphatic heterocycles. The second-order valence-corrected chi connectivity index (χ2v) is 13.6. The summed E-state index contributed by atoms with van der Waals surface area (Å²) in [5.74, 6) is 0.357. The van der Waals surface area contributed by atoms with Crippen molar-refractivity contribution in [3.63, 3.8) is 0 Å². The van der Waals surface area contributed by atoms with Crippen molar-refractivity contribution in [2.75, 3.05) is 5.32 Å². The molecule has 2 N–H and O–H groups in total. The summed E-state index contributed by atoms with van der Waals surface area (Å²) in [6.45, 7) is 12.5. The largest absolute Gasteiger partial charge is 0.338 e. The second-order valence-electron chi connectivity index (χ2n) is 11.9. The van der Waals surface area contributed by atoms with Gasteiger partial charge < -0.3 is 5.32 Å². The maximum absolute atomic E-state index is 15.3. The first kappa shape index (κ1) is 24.9. The van der Waals surface area contributed by atoms with Gasteiger partial charge >= 0.3 is 0 Å². The fraction of sp³-hybridized carbons (Fsp3) is 0.560. The van der Waals surface area contributed by atoms with Gasteiger partial charge in [-0.25, -0.2) is 26.9 Å². The molecule has 5 rings (SSSR count). The molecule has 194 valence electrons. The third-order valence-corrected chi connectivity index (χ3v) is 8.52. The van der Waals surface area contributed by atoms with Crippen LogP contribution in [0.2, 0.25) is 0 Å². The van der Waals surface area contributed by atoms with Gasteiger partial charge in [-0.15, -0.1) is 5.10 Å². The molecular weight excluding hydrogens is 481 g/mol. The number of anilines is 2. The van der Waals surface area contributed by atoms with Gasteiger partial charge in [-0.1, -0.05) is 26.0 Å². The normalized spacial score (nSPS) is 21.6. The molecular formula is C25H34FN7O2S. The average molecular weight is 516 g/mol. The van der Waals surface area contributed by atoms with Gasteiger partial charge in [-0.05, 0) is 52.2 Å². The highest BCUT2D eigenvalue weighted by Crippen LogP contribution is 2.42. The van der Waals surface area contributed by atoms with Crippen LogP contribution in [0.1, 0.15) is 89.7 Å². The number of rotatable bonds is 4. The molecule has 0 saturated heterocycles. The minimum atomic E-state index is -3.64. The molecule has 2 atom stereocenters. The zero-order valence-electron chi connectivity index (χ0n) is 21.6. The highest BCUT2D eigenvalue weighted by Gasteiger charge is 2.33. The molecule has 0 spiro atoms. The van der Waals surface area contributed by atoms with Crippen LogP contribution in [0.15, 0.2) is 29.3 Å². The van der Waals surface area contributed by atoms with Crippen LogP contribution in [-0.4, -0.2) is 33.2 Å². The van der Waals surface area contributed by atoms with E-state index in [0.29, 0.717) is 5.82 Å². The van der Waals surface area contributed by atoms with E-state index >= 15 is 4.39 Å². The predicted octanol–water partition coefficient (Wildman–Crippen LogP) is 4.71. The Kier molecular flexibility index (Phi) is 5.79. The zero-order chi connectivity index (χ0) is 26.0. The van der Waals surface area contributed by atoms with Crippen molar-refractivity contribution in [3.05, 3.63) is 47.2 Å². The number of benzene rings is 1. The summed E-state index contributed by atoms with van der Waals surface area (Å²) in [7, 11) is -3.64. The highest BCUT2D eigenvalue weighted by atomic mass is 32.2. The summed E-state index contributed by atoms with van der Waals surface area (Å²) in [5.41, 5.74) is 1.93. The van der Waals surface area contributed by atoms with E-state index in [-0.39, 0.29) is 45.6 Å². The number of hydrogen-bond acceptors (Lipinski definition) is 6. The molecule has 3 aromatic rings. The Morgan fingerprint density at radius 3 is 2.56 bits per heavy atom. The average Bonchev–Trinajstić information content (AvgIpc) is 3.53. The van der Waals surface area contributed by atoms with E-state index in [4.69, 9.17) is 5.10 Å². The molecule has 36 heavy (non-hydrogen) atoms. The Labute approximate surface area is 211 Å². The Balaban J connectivity index is 1.41. The van der Waals surface area contributed by atoms with Gasteiger partial charge in [0.1, 0.15) is 5.82 Å². The van der Waals surface area contributed by atoms with Crippen molar-refractivity contribution >= 4 is 21.5 Å². The first-order valence-corrected chi connectivity index (χ1v) is 13.8. The van der Waals surface area contributed by atoms with Crippen LogP contribution in [-0.2, 0) is 27.5 Å². The number of halogens is 1. The molecule has 0 radical (unpaired) electrons. The predicted molar refractivity (Wildman–Crippen MR) is 135 cm³/mol. The summed E-state index contributed by atoms with van der Waals surface area (Å²) in [6, 6.07) is 5.17. The Hall–Kier alpha value is -2.79. The maximum Gasteiger partial charge on any atom is 0.241 e. The van der Waals surface area contributed by atoms with E-state index in [1.165, 1.54) is 12.1 Å². The molecule has 2 unspecified atom stereocenters. The summed E-state index contributed by atoms with van der Waals surface area (Å²) >= 11 is 0. The molecule has 3 heterocycles. The summed E-state index contributed by atoms with van der Waals surface area (Å²) in [6.07, 6.45) is 4.93. The molecule has 1 saturated carbocycles. The molecule has 9 nitrogen and oxygen atoms in total.